The largest absolute Gasteiger partial charge is 0.495 e. The molecule has 0 atom stereocenters. The van der Waals surface area contributed by atoms with Gasteiger partial charge in [-0.2, -0.15) is 0 Å². The fourth-order valence-corrected chi connectivity index (χ4v) is 0.978. The minimum absolute atomic E-state index is 0.0898. The monoisotopic (exact) mass is 165 g/mol. The lowest BCUT2D eigenvalue weighted by molar-refractivity contribution is -0.116. The Morgan fingerprint density at radius 2 is 2.42 bits per heavy atom. The first-order chi connectivity index (χ1) is 5.74. The minimum Gasteiger partial charge on any atom is -0.495 e. The predicted molar refractivity (Wildman–Crippen MR) is 45.2 cm³/mol. The zero-order valence-electron chi connectivity index (χ0n) is 7.20. The van der Waals surface area contributed by atoms with Gasteiger partial charge in [-0.05, 0) is 19.1 Å². The number of methoxy groups -OCH3 is 1. The highest BCUT2D eigenvalue weighted by atomic mass is 16.5. The van der Waals surface area contributed by atoms with Crippen molar-refractivity contribution in [3.05, 3.63) is 24.0 Å². The summed E-state index contributed by atoms with van der Waals surface area (Å²) in [6, 6.07) is 3.58. The smallest absolute Gasteiger partial charge is 0.140 e. The van der Waals surface area contributed by atoms with Crippen LogP contribution in [-0.4, -0.2) is 17.9 Å². The van der Waals surface area contributed by atoms with Crippen LogP contribution in [0.15, 0.2) is 18.3 Å². The Morgan fingerprint density at radius 1 is 1.67 bits per heavy atom. The molecule has 1 rings (SSSR count). The molecule has 0 unspecified atom stereocenters. The fourth-order valence-electron chi connectivity index (χ4n) is 0.978. The first-order valence-electron chi connectivity index (χ1n) is 3.71. The number of ketones is 1. The third kappa shape index (κ3) is 2.05. The molecule has 0 aliphatic carbocycles. The molecule has 0 spiro atoms. The normalized spacial score (nSPS) is 9.50. The van der Waals surface area contributed by atoms with Gasteiger partial charge in [-0.3, -0.25) is 9.78 Å². The first kappa shape index (κ1) is 8.71. The summed E-state index contributed by atoms with van der Waals surface area (Å²) < 4.78 is 5.03. The molecule has 0 amide bonds. The quantitative estimate of drug-likeness (QED) is 0.676. The molecule has 0 aromatic carbocycles. The van der Waals surface area contributed by atoms with Crippen molar-refractivity contribution >= 4 is 5.78 Å². The van der Waals surface area contributed by atoms with Gasteiger partial charge >= 0.3 is 0 Å². The molecular weight excluding hydrogens is 154 g/mol. The fraction of sp³-hybridized carbons (Fsp3) is 0.333. The van der Waals surface area contributed by atoms with Gasteiger partial charge in [-0.1, -0.05) is 0 Å². The minimum atomic E-state index is 0.0898. The van der Waals surface area contributed by atoms with Gasteiger partial charge in [0.05, 0.1) is 19.2 Å². The Hall–Kier alpha value is -1.38. The number of hydrogen-bond acceptors (Lipinski definition) is 3. The average molecular weight is 165 g/mol. The number of carbonyl (C=O) groups excluding carboxylic acids is 1. The highest BCUT2D eigenvalue weighted by Gasteiger charge is 2.04. The van der Waals surface area contributed by atoms with E-state index in [1.165, 1.54) is 6.92 Å². The van der Waals surface area contributed by atoms with Crippen LogP contribution in [0.3, 0.4) is 0 Å². The van der Waals surface area contributed by atoms with Crippen LogP contribution in [0.5, 0.6) is 5.75 Å². The third-order valence-electron chi connectivity index (χ3n) is 1.48. The van der Waals surface area contributed by atoms with E-state index in [4.69, 9.17) is 4.74 Å². The molecule has 0 radical (unpaired) electrons. The molecule has 1 heterocycles. The molecule has 64 valence electrons. The van der Waals surface area contributed by atoms with Crippen molar-refractivity contribution in [2.75, 3.05) is 7.11 Å². The molecule has 1 aromatic rings. The number of carbonyl (C=O) groups is 1. The SMILES string of the molecule is COc1cccnc1CC(C)=O. The van der Waals surface area contributed by atoms with E-state index < -0.39 is 0 Å². The van der Waals surface area contributed by atoms with Crippen molar-refractivity contribution in [1.82, 2.24) is 4.98 Å². The molecule has 0 N–H and O–H groups in total. The summed E-state index contributed by atoms with van der Waals surface area (Å²) in [5, 5.41) is 0. The molecule has 1 aromatic heterocycles. The van der Waals surface area contributed by atoms with Gasteiger partial charge in [0.25, 0.3) is 0 Å². The Balaban J connectivity index is 2.89. The first-order valence-corrected chi connectivity index (χ1v) is 3.71. The maximum atomic E-state index is 10.8. The lowest BCUT2D eigenvalue weighted by Crippen LogP contribution is -2.01. The van der Waals surface area contributed by atoms with E-state index in [1.54, 1.807) is 25.4 Å². The van der Waals surface area contributed by atoms with Crippen LogP contribution in [0, 0.1) is 0 Å². The van der Waals surface area contributed by atoms with Crippen LogP contribution in [0.25, 0.3) is 0 Å². The van der Waals surface area contributed by atoms with E-state index in [0.29, 0.717) is 17.9 Å². The van der Waals surface area contributed by atoms with E-state index in [0.717, 1.165) is 0 Å². The maximum Gasteiger partial charge on any atom is 0.140 e. The molecule has 0 saturated heterocycles. The maximum absolute atomic E-state index is 10.8. The second kappa shape index (κ2) is 3.85. The number of hydrogen-bond donors (Lipinski definition) is 0. The summed E-state index contributed by atoms with van der Waals surface area (Å²) in [6.07, 6.45) is 1.99. The Bertz CT molecular complexity index is 284. The van der Waals surface area contributed by atoms with Crippen molar-refractivity contribution in [3.8, 4) is 5.75 Å². The molecule has 0 aliphatic heterocycles. The molecule has 0 aliphatic rings. The number of nitrogens with zero attached hydrogens (tertiary/aromatic N) is 1. The summed E-state index contributed by atoms with van der Waals surface area (Å²) in [4.78, 5) is 14.8. The summed E-state index contributed by atoms with van der Waals surface area (Å²) in [5.74, 6) is 0.764. The van der Waals surface area contributed by atoms with Gasteiger partial charge in [-0.25, -0.2) is 0 Å². The summed E-state index contributed by atoms with van der Waals surface area (Å²) >= 11 is 0. The standard InChI is InChI=1S/C9H11NO2/c1-7(11)6-8-9(12-2)4-3-5-10-8/h3-5H,6H2,1-2H3. The van der Waals surface area contributed by atoms with E-state index in [1.807, 2.05) is 0 Å². The van der Waals surface area contributed by atoms with E-state index in [2.05, 4.69) is 4.98 Å². The van der Waals surface area contributed by atoms with Crippen LogP contribution < -0.4 is 4.74 Å². The van der Waals surface area contributed by atoms with Gasteiger partial charge < -0.3 is 4.74 Å². The second-order valence-corrected chi connectivity index (χ2v) is 2.53. The average Bonchev–Trinajstić information content (AvgIpc) is 2.04. The number of aromatic nitrogens is 1. The van der Waals surface area contributed by atoms with Crippen LogP contribution in [0.2, 0.25) is 0 Å². The van der Waals surface area contributed by atoms with Crippen molar-refractivity contribution in [2.24, 2.45) is 0 Å². The number of rotatable bonds is 3. The van der Waals surface area contributed by atoms with Gasteiger partial charge in [0, 0.05) is 6.20 Å². The highest BCUT2D eigenvalue weighted by Crippen LogP contribution is 2.14. The van der Waals surface area contributed by atoms with Crippen molar-refractivity contribution in [1.29, 1.82) is 0 Å². The van der Waals surface area contributed by atoms with Gasteiger partial charge in [0.1, 0.15) is 11.5 Å². The van der Waals surface area contributed by atoms with Crippen molar-refractivity contribution < 1.29 is 9.53 Å². The zero-order chi connectivity index (χ0) is 8.97. The van der Waals surface area contributed by atoms with Crippen LogP contribution >= 0.6 is 0 Å². The lowest BCUT2D eigenvalue weighted by Gasteiger charge is -2.03. The topological polar surface area (TPSA) is 39.2 Å². The Labute approximate surface area is 71.4 Å². The van der Waals surface area contributed by atoms with Gasteiger partial charge in [0.2, 0.25) is 0 Å². The van der Waals surface area contributed by atoms with E-state index >= 15 is 0 Å². The van der Waals surface area contributed by atoms with Crippen LogP contribution in [-0.2, 0) is 11.2 Å². The number of ether oxygens (including phenoxy) is 1. The second-order valence-electron chi connectivity index (χ2n) is 2.53. The molecule has 0 fully saturated rings. The third-order valence-corrected chi connectivity index (χ3v) is 1.48. The molecule has 0 bridgehead atoms. The van der Waals surface area contributed by atoms with Crippen molar-refractivity contribution in [3.63, 3.8) is 0 Å². The van der Waals surface area contributed by atoms with Gasteiger partial charge in [-0.15, -0.1) is 0 Å². The predicted octanol–water partition coefficient (Wildman–Crippen LogP) is 1.22. The molecule has 3 heteroatoms. The summed E-state index contributed by atoms with van der Waals surface area (Å²) in [5.41, 5.74) is 0.701. The molecule has 0 saturated carbocycles. The molecular formula is C9H11NO2. The highest BCUT2D eigenvalue weighted by molar-refractivity contribution is 5.78. The summed E-state index contributed by atoms with van der Waals surface area (Å²) in [7, 11) is 1.57. The lowest BCUT2D eigenvalue weighted by atomic mass is 10.2. The van der Waals surface area contributed by atoms with Crippen LogP contribution in [0.1, 0.15) is 12.6 Å². The summed E-state index contributed by atoms with van der Waals surface area (Å²) in [6.45, 7) is 1.54. The van der Waals surface area contributed by atoms with Crippen LogP contribution in [0.4, 0.5) is 0 Å². The zero-order valence-corrected chi connectivity index (χ0v) is 7.20. The number of Topliss-reactive ketones (excluding diaryl/α,β-unsaturated/α-hetero) is 1. The van der Waals surface area contributed by atoms with E-state index in [-0.39, 0.29) is 5.78 Å². The Kier molecular flexibility index (Phi) is 2.80. The van der Waals surface area contributed by atoms with Crippen molar-refractivity contribution in [2.45, 2.75) is 13.3 Å². The van der Waals surface area contributed by atoms with Gasteiger partial charge in [0.15, 0.2) is 0 Å². The number of pyridine rings is 1. The molecule has 3 nitrogen and oxygen atoms in total. The molecule has 12 heavy (non-hydrogen) atoms. The van der Waals surface area contributed by atoms with E-state index in [9.17, 15) is 4.79 Å². The Morgan fingerprint density at radius 3 is 3.00 bits per heavy atom.